The molecule has 0 fully saturated rings. The van der Waals surface area contributed by atoms with Gasteiger partial charge in [0.2, 0.25) is 0 Å². The molecule has 2 N–H and O–H groups in total. The van der Waals surface area contributed by atoms with Crippen LogP contribution in [-0.4, -0.2) is 15.2 Å². The van der Waals surface area contributed by atoms with Crippen molar-refractivity contribution >= 4 is 64.2 Å². The lowest BCUT2D eigenvalue weighted by Gasteiger charge is -2.21. The Labute approximate surface area is 292 Å². The highest BCUT2D eigenvalue weighted by molar-refractivity contribution is 7.26. The van der Waals surface area contributed by atoms with Crippen LogP contribution in [-0.2, 0) is 5.41 Å². The molecule has 0 saturated carbocycles. The van der Waals surface area contributed by atoms with E-state index in [1.165, 1.54) is 86.5 Å². The van der Waals surface area contributed by atoms with E-state index in [1.807, 2.05) is 11.3 Å². The van der Waals surface area contributed by atoms with Crippen LogP contribution >= 0.6 is 11.3 Å². The van der Waals surface area contributed by atoms with Gasteiger partial charge in [-0.2, -0.15) is 5.10 Å². The Morgan fingerprint density at radius 2 is 1.22 bits per heavy atom. The average Bonchev–Trinajstić information content (AvgIpc) is 3.91. The summed E-state index contributed by atoms with van der Waals surface area (Å²) in [7, 11) is 0. The molecule has 0 amide bonds. The van der Waals surface area contributed by atoms with Gasteiger partial charge in [-0.1, -0.05) is 123 Å². The third-order valence-corrected chi connectivity index (χ3v) is 12.3. The number of aromatic nitrogens is 3. The molecule has 0 spiro atoms. The fraction of sp³-hybridized carbons (Fsp3) is 0.0652. The molecule has 236 valence electrons. The first-order valence-electron chi connectivity index (χ1n) is 17.2. The van der Waals surface area contributed by atoms with Crippen molar-refractivity contribution in [1.82, 2.24) is 15.2 Å². The van der Waals surface area contributed by atoms with E-state index in [-0.39, 0.29) is 5.41 Å². The molecule has 0 unspecified atom stereocenters. The molecule has 3 heterocycles. The third-order valence-electron chi connectivity index (χ3n) is 11.1. The Hall–Kier alpha value is -5.97. The molecule has 4 heteroatoms. The predicted molar refractivity (Wildman–Crippen MR) is 212 cm³/mol. The van der Waals surface area contributed by atoms with E-state index >= 15 is 0 Å². The number of H-pyrrole nitrogens is 2. The number of nitrogens with zero attached hydrogens (tertiary/aromatic N) is 1. The van der Waals surface area contributed by atoms with Gasteiger partial charge in [-0.05, 0) is 69.3 Å². The summed E-state index contributed by atoms with van der Waals surface area (Å²) in [6.45, 7) is 4.72. The topological polar surface area (TPSA) is 44.5 Å². The number of benzene rings is 7. The van der Waals surface area contributed by atoms with Gasteiger partial charge in [-0.3, -0.25) is 5.10 Å². The Morgan fingerprint density at radius 3 is 2.12 bits per heavy atom. The largest absolute Gasteiger partial charge is 0.354 e. The zero-order valence-corrected chi connectivity index (χ0v) is 28.5. The van der Waals surface area contributed by atoms with E-state index in [0.29, 0.717) is 0 Å². The van der Waals surface area contributed by atoms with Crippen molar-refractivity contribution in [2.45, 2.75) is 19.3 Å². The third kappa shape index (κ3) is 3.77. The number of fused-ring (bicyclic) bond motifs is 11. The van der Waals surface area contributed by atoms with Crippen molar-refractivity contribution in [3.63, 3.8) is 0 Å². The average molecular weight is 658 g/mol. The maximum Gasteiger partial charge on any atom is 0.101 e. The quantitative estimate of drug-likeness (QED) is 0.195. The predicted octanol–water partition coefficient (Wildman–Crippen LogP) is 12.9. The second-order valence-electron chi connectivity index (χ2n) is 14.1. The van der Waals surface area contributed by atoms with Gasteiger partial charge in [0.25, 0.3) is 0 Å². The Kier molecular flexibility index (Phi) is 5.61. The molecule has 1 aliphatic carbocycles. The van der Waals surface area contributed by atoms with E-state index in [1.54, 1.807) is 0 Å². The lowest BCUT2D eigenvalue weighted by atomic mass is 9.82. The molecule has 0 aliphatic heterocycles. The summed E-state index contributed by atoms with van der Waals surface area (Å²) in [5.41, 5.74) is 15.6. The van der Waals surface area contributed by atoms with E-state index in [0.717, 1.165) is 22.2 Å². The van der Waals surface area contributed by atoms with Gasteiger partial charge < -0.3 is 4.98 Å². The van der Waals surface area contributed by atoms with Crippen molar-refractivity contribution < 1.29 is 0 Å². The van der Waals surface area contributed by atoms with Crippen LogP contribution in [0.1, 0.15) is 25.0 Å². The lowest BCUT2D eigenvalue weighted by Crippen LogP contribution is -2.14. The molecule has 0 saturated heterocycles. The summed E-state index contributed by atoms with van der Waals surface area (Å²) >= 11 is 1.88. The highest BCUT2D eigenvalue weighted by Crippen LogP contribution is 2.53. The SMILES string of the molecule is CC1(C)c2ccc(-c3cc(-c4cccc5c4sc4ccccc45)ccc3-c3n[nH]c4ccccc34)cc2-c2c1ccc1c2[nH]c2ccccc21. The van der Waals surface area contributed by atoms with Gasteiger partial charge in [0.15, 0.2) is 0 Å². The van der Waals surface area contributed by atoms with Crippen molar-refractivity contribution in [3.8, 4) is 44.6 Å². The standard InChI is InChI=1S/C46H31N3S/c1-46(2)37-22-19-27(25-36(37)42-38(46)23-21-31-29-10-3-6-15-39(29)47-44(31)42)35-24-26(18-20-32(35)43-34-12-4-7-16-40(34)48-49-43)28-13-9-14-33-30-11-5-8-17-41(30)50-45(28)33/h3-25,47H,1-2H3,(H,48,49). The molecular formula is C46H31N3S. The van der Waals surface area contributed by atoms with Crippen LogP contribution in [0.5, 0.6) is 0 Å². The normalized spacial score (nSPS) is 13.6. The summed E-state index contributed by atoms with van der Waals surface area (Å²) < 4.78 is 2.64. The highest BCUT2D eigenvalue weighted by Gasteiger charge is 2.37. The zero-order chi connectivity index (χ0) is 33.1. The van der Waals surface area contributed by atoms with Crippen LogP contribution in [0.3, 0.4) is 0 Å². The molecular weight excluding hydrogens is 627 g/mol. The van der Waals surface area contributed by atoms with Gasteiger partial charge >= 0.3 is 0 Å². The van der Waals surface area contributed by atoms with Gasteiger partial charge in [-0.25, -0.2) is 0 Å². The maximum absolute atomic E-state index is 4.90. The first-order valence-corrected chi connectivity index (χ1v) is 18.0. The zero-order valence-electron chi connectivity index (χ0n) is 27.6. The van der Waals surface area contributed by atoms with E-state index in [4.69, 9.17) is 5.10 Å². The minimum absolute atomic E-state index is 0.116. The summed E-state index contributed by atoms with van der Waals surface area (Å²) in [4.78, 5) is 3.82. The maximum atomic E-state index is 4.90. The number of aromatic amines is 2. The second kappa shape index (κ2) is 10.0. The van der Waals surface area contributed by atoms with Crippen LogP contribution in [0.2, 0.25) is 0 Å². The molecule has 50 heavy (non-hydrogen) atoms. The van der Waals surface area contributed by atoms with Crippen LogP contribution in [0.25, 0.3) is 97.5 Å². The minimum Gasteiger partial charge on any atom is -0.354 e. The molecule has 10 aromatic rings. The summed E-state index contributed by atoms with van der Waals surface area (Å²) in [5.74, 6) is 0. The minimum atomic E-state index is -0.116. The van der Waals surface area contributed by atoms with Crippen molar-refractivity contribution in [3.05, 3.63) is 151 Å². The number of hydrogen-bond acceptors (Lipinski definition) is 2. The molecule has 0 bridgehead atoms. The van der Waals surface area contributed by atoms with E-state index in [2.05, 4.69) is 163 Å². The van der Waals surface area contributed by atoms with Crippen LogP contribution in [0.4, 0.5) is 0 Å². The van der Waals surface area contributed by atoms with Gasteiger partial charge in [0.1, 0.15) is 5.69 Å². The van der Waals surface area contributed by atoms with Crippen LogP contribution in [0, 0.1) is 0 Å². The van der Waals surface area contributed by atoms with E-state index in [9.17, 15) is 0 Å². The Bertz CT molecular complexity index is 3020. The number of nitrogens with one attached hydrogen (secondary N) is 2. The first-order chi connectivity index (χ1) is 24.5. The van der Waals surface area contributed by atoms with E-state index < -0.39 is 0 Å². The van der Waals surface area contributed by atoms with Gasteiger partial charge in [-0.15, -0.1) is 11.3 Å². The van der Waals surface area contributed by atoms with Gasteiger partial charge in [0.05, 0.1) is 11.0 Å². The number of hydrogen-bond donors (Lipinski definition) is 2. The van der Waals surface area contributed by atoms with Crippen molar-refractivity contribution in [1.29, 1.82) is 0 Å². The smallest absolute Gasteiger partial charge is 0.101 e. The second-order valence-corrected chi connectivity index (χ2v) is 15.2. The summed E-state index contributed by atoms with van der Waals surface area (Å²) in [6.07, 6.45) is 0. The van der Waals surface area contributed by atoms with Crippen molar-refractivity contribution in [2.24, 2.45) is 0 Å². The molecule has 3 aromatic heterocycles. The van der Waals surface area contributed by atoms with Crippen LogP contribution < -0.4 is 0 Å². The Morgan fingerprint density at radius 1 is 0.520 bits per heavy atom. The van der Waals surface area contributed by atoms with Gasteiger partial charge in [0, 0.05) is 58.4 Å². The first kappa shape index (κ1) is 27.9. The fourth-order valence-electron chi connectivity index (χ4n) is 8.63. The number of rotatable bonds is 3. The lowest BCUT2D eigenvalue weighted by molar-refractivity contribution is 0.661. The van der Waals surface area contributed by atoms with Crippen LogP contribution in [0.15, 0.2) is 140 Å². The van der Waals surface area contributed by atoms with Crippen molar-refractivity contribution in [2.75, 3.05) is 0 Å². The molecule has 1 aliphatic rings. The fourth-order valence-corrected chi connectivity index (χ4v) is 9.87. The summed E-state index contributed by atoms with van der Waals surface area (Å²) in [6, 6.07) is 51.3. The molecule has 7 aromatic carbocycles. The molecule has 11 rings (SSSR count). The summed E-state index contributed by atoms with van der Waals surface area (Å²) in [5, 5.41) is 14.5. The molecule has 0 radical (unpaired) electrons. The molecule has 0 atom stereocenters. The molecule has 3 nitrogen and oxygen atoms in total. The Balaban J connectivity index is 1.18. The number of thiophene rings is 1. The monoisotopic (exact) mass is 657 g/mol. The highest BCUT2D eigenvalue weighted by atomic mass is 32.1. The number of para-hydroxylation sites is 2.